The number of carbonyl (C=O) groups excluding carboxylic acids is 3. The molecule has 0 radical (unpaired) electrons. The zero-order chi connectivity index (χ0) is 31.7. The molecule has 0 aliphatic heterocycles. The quantitative estimate of drug-likeness (QED) is 0.210. The van der Waals surface area contributed by atoms with Crippen LogP contribution in [0.25, 0.3) is 10.8 Å². The van der Waals surface area contributed by atoms with E-state index >= 15 is 0 Å². The summed E-state index contributed by atoms with van der Waals surface area (Å²) in [4.78, 5) is 43.3. The van der Waals surface area contributed by atoms with Crippen LogP contribution in [0.2, 0.25) is 0 Å². The van der Waals surface area contributed by atoms with Crippen LogP contribution in [0.15, 0.2) is 60.7 Å². The first kappa shape index (κ1) is 33.6. The Balaban J connectivity index is 2.07. The average Bonchev–Trinajstić information content (AvgIpc) is 2.95. The van der Waals surface area contributed by atoms with Crippen LogP contribution in [-0.2, 0) is 14.3 Å². The molecule has 0 bridgehead atoms. The largest absolute Gasteiger partial charge is 0.444 e. The zero-order valence-electron chi connectivity index (χ0n) is 27.1. The van der Waals surface area contributed by atoms with Crippen LogP contribution in [0.1, 0.15) is 90.0 Å². The molecule has 3 aromatic carbocycles. The van der Waals surface area contributed by atoms with Gasteiger partial charge in [-0.15, -0.1) is 0 Å². The lowest BCUT2D eigenvalue weighted by atomic mass is 9.94. The maximum atomic E-state index is 14.5. The van der Waals surface area contributed by atoms with Crippen LogP contribution in [0.4, 0.5) is 10.5 Å². The SMILES string of the molecule is CCCCCN(C(=O)C(NC(=O)OC(C)(C)C)C(C)CC)C(C(=O)Nc1ccc2ccccc2c1)c1ccc(C)c(C)c1. The van der Waals surface area contributed by atoms with Crippen LogP contribution >= 0.6 is 0 Å². The van der Waals surface area contributed by atoms with E-state index in [1.165, 1.54) is 0 Å². The maximum absolute atomic E-state index is 14.5. The number of fused-ring (bicyclic) bond motifs is 1. The minimum Gasteiger partial charge on any atom is -0.444 e. The highest BCUT2D eigenvalue weighted by atomic mass is 16.6. The standard InChI is InChI=1S/C36H49N3O4/c1-9-11-14-21-39(34(41)31(24(3)10-2)38-35(42)43-36(6,7)8)32(29-18-17-25(4)26(5)22-29)33(40)37-30-20-19-27-15-12-13-16-28(27)23-30/h12-13,15-20,22-24,31-32H,9-11,14,21H2,1-8H3,(H,37,40)(H,38,42). The van der Waals surface area contributed by atoms with Crippen LogP contribution < -0.4 is 10.6 Å². The molecule has 3 amide bonds. The van der Waals surface area contributed by atoms with Gasteiger partial charge in [0.15, 0.2) is 0 Å². The van der Waals surface area contributed by atoms with Crippen LogP contribution in [0.3, 0.4) is 0 Å². The molecule has 0 saturated heterocycles. The molecular weight excluding hydrogens is 538 g/mol. The Hall–Kier alpha value is -3.87. The second-order valence-electron chi connectivity index (χ2n) is 12.5. The predicted octanol–water partition coefficient (Wildman–Crippen LogP) is 8.09. The minimum absolute atomic E-state index is 0.183. The highest BCUT2D eigenvalue weighted by molar-refractivity contribution is 6.00. The zero-order valence-corrected chi connectivity index (χ0v) is 27.1. The third-order valence-electron chi connectivity index (χ3n) is 7.86. The van der Waals surface area contributed by atoms with Crippen molar-refractivity contribution >= 4 is 34.4 Å². The number of benzene rings is 3. The van der Waals surface area contributed by atoms with Crippen molar-refractivity contribution in [2.45, 2.75) is 98.8 Å². The van der Waals surface area contributed by atoms with E-state index in [0.717, 1.165) is 46.7 Å². The van der Waals surface area contributed by atoms with Gasteiger partial charge in [0, 0.05) is 12.2 Å². The first-order chi connectivity index (χ1) is 20.3. The molecule has 0 spiro atoms. The summed E-state index contributed by atoms with van der Waals surface area (Å²) < 4.78 is 5.53. The van der Waals surface area contributed by atoms with Crippen LogP contribution in [0, 0.1) is 19.8 Å². The molecular formula is C36H49N3O4. The second kappa shape index (κ2) is 15.0. The molecule has 3 unspecified atom stereocenters. The molecule has 0 aliphatic carbocycles. The van der Waals surface area contributed by atoms with Gasteiger partial charge < -0.3 is 20.3 Å². The van der Waals surface area contributed by atoms with Gasteiger partial charge in [-0.3, -0.25) is 9.59 Å². The number of rotatable bonds is 12. The Morgan fingerprint density at radius 3 is 2.21 bits per heavy atom. The highest BCUT2D eigenvalue weighted by Gasteiger charge is 2.38. The molecule has 0 heterocycles. The van der Waals surface area contributed by atoms with Gasteiger partial charge in [-0.25, -0.2) is 4.79 Å². The molecule has 3 rings (SSSR count). The van der Waals surface area contributed by atoms with Gasteiger partial charge in [0.05, 0.1) is 0 Å². The van der Waals surface area contributed by atoms with Crippen molar-refractivity contribution in [1.29, 1.82) is 0 Å². The van der Waals surface area contributed by atoms with Crippen molar-refractivity contribution in [2.75, 3.05) is 11.9 Å². The lowest BCUT2D eigenvalue weighted by molar-refractivity contribution is -0.142. The number of hydrogen-bond donors (Lipinski definition) is 2. The molecule has 0 aromatic heterocycles. The molecule has 3 atom stereocenters. The van der Waals surface area contributed by atoms with E-state index in [1.54, 1.807) is 25.7 Å². The lowest BCUT2D eigenvalue weighted by Gasteiger charge is -2.36. The molecule has 232 valence electrons. The number of carbonyl (C=O) groups is 3. The third-order valence-corrected chi connectivity index (χ3v) is 7.86. The summed E-state index contributed by atoms with van der Waals surface area (Å²) in [5.41, 5.74) is 2.81. The minimum atomic E-state index is -0.901. The van der Waals surface area contributed by atoms with Crippen LogP contribution in [0.5, 0.6) is 0 Å². The fraction of sp³-hybridized carbons (Fsp3) is 0.472. The van der Waals surface area contributed by atoms with Crippen LogP contribution in [-0.4, -0.2) is 41.0 Å². The smallest absolute Gasteiger partial charge is 0.408 e. The van der Waals surface area contributed by atoms with E-state index in [9.17, 15) is 14.4 Å². The molecule has 7 nitrogen and oxygen atoms in total. The number of amides is 3. The molecule has 0 aliphatic rings. The maximum Gasteiger partial charge on any atom is 0.408 e. The third kappa shape index (κ3) is 9.31. The number of unbranched alkanes of at least 4 members (excludes halogenated alkanes) is 2. The van der Waals surface area contributed by atoms with E-state index in [-0.39, 0.29) is 17.7 Å². The van der Waals surface area contributed by atoms with Gasteiger partial charge in [-0.2, -0.15) is 0 Å². The molecule has 3 aromatic rings. The van der Waals surface area contributed by atoms with Crippen molar-refractivity contribution in [1.82, 2.24) is 10.2 Å². The fourth-order valence-corrected chi connectivity index (χ4v) is 5.08. The van der Waals surface area contributed by atoms with E-state index in [1.807, 2.05) is 88.4 Å². The number of ether oxygens (including phenoxy) is 1. The summed E-state index contributed by atoms with van der Waals surface area (Å²) in [5, 5.41) is 8.04. The Bertz CT molecular complexity index is 1410. The summed E-state index contributed by atoms with van der Waals surface area (Å²) in [5.74, 6) is -0.783. The van der Waals surface area contributed by atoms with Crippen molar-refractivity contribution in [3.63, 3.8) is 0 Å². The van der Waals surface area contributed by atoms with Gasteiger partial charge in [0.2, 0.25) is 5.91 Å². The summed E-state index contributed by atoms with van der Waals surface area (Å²) in [6.07, 6.45) is 2.61. The van der Waals surface area contributed by atoms with Crippen molar-refractivity contribution in [3.8, 4) is 0 Å². The molecule has 43 heavy (non-hydrogen) atoms. The number of anilines is 1. The Kier molecular flexibility index (Phi) is 11.8. The normalized spacial score (nSPS) is 13.6. The number of alkyl carbamates (subject to hydrolysis) is 1. The first-order valence-corrected chi connectivity index (χ1v) is 15.5. The number of aryl methyl sites for hydroxylation is 2. The monoisotopic (exact) mass is 587 g/mol. The van der Waals surface area contributed by atoms with Gasteiger partial charge in [0.1, 0.15) is 17.7 Å². The molecule has 0 fully saturated rings. The lowest BCUT2D eigenvalue weighted by Crippen LogP contribution is -2.55. The van der Waals surface area contributed by atoms with Gasteiger partial charge in [-0.05, 0) is 86.6 Å². The fourth-order valence-electron chi connectivity index (χ4n) is 5.08. The average molecular weight is 588 g/mol. The Morgan fingerprint density at radius 2 is 1.58 bits per heavy atom. The highest BCUT2D eigenvalue weighted by Crippen LogP contribution is 2.29. The first-order valence-electron chi connectivity index (χ1n) is 15.5. The van der Waals surface area contributed by atoms with Gasteiger partial charge in [0.25, 0.3) is 5.91 Å². The molecule has 2 N–H and O–H groups in total. The Morgan fingerprint density at radius 1 is 0.884 bits per heavy atom. The second-order valence-corrected chi connectivity index (χ2v) is 12.5. The van der Waals surface area contributed by atoms with Gasteiger partial charge >= 0.3 is 6.09 Å². The van der Waals surface area contributed by atoms with Crippen molar-refractivity contribution < 1.29 is 19.1 Å². The summed E-state index contributed by atoms with van der Waals surface area (Å²) in [6.45, 7) is 15.8. The van der Waals surface area contributed by atoms with E-state index < -0.39 is 23.8 Å². The predicted molar refractivity (Wildman–Crippen MR) is 175 cm³/mol. The molecule has 7 heteroatoms. The summed E-state index contributed by atoms with van der Waals surface area (Å²) in [7, 11) is 0. The number of nitrogens with zero attached hydrogens (tertiary/aromatic N) is 1. The molecule has 0 saturated carbocycles. The number of hydrogen-bond acceptors (Lipinski definition) is 4. The topological polar surface area (TPSA) is 87.7 Å². The summed E-state index contributed by atoms with van der Waals surface area (Å²) >= 11 is 0. The Labute approximate surface area is 257 Å². The van der Waals surface area contributed by atoms with E-state index in [4.69, 9.17) is 4.74 Å². The van der Waals surface area contributed by atoms with Gasteiger partial charge in [-0.1, -0.05) is 88.6 Å². The summed E-state index contributed by atoms with van der Waals surface area (Å²) in [6, 6.07) is 17.9. The number of nitrogens with one attached hydrogen (secondary N) is 2. The van der Waals surface area contributed by atoms with Crippen molar-refractivity contribution in [3.05, 3.63) is 77.4 Å². The van der Waals surface area contributed by atoms with Crippen molar-refractivity contribution in [2.24, 2.45) is 5.92 Å². The van der Waals surface area contributed by atoms with E-state index in [2.05, 4.69) is 17.6 Å². The van der Waals surface area contributed by atoms with E-state index in [0.29, 0.717) is 18.7 Å².